The third-order valence-corrected chi connectivity index (χ3v) is 5.68. The topological polar surface area (TPSA) is 77.4 Å². The molecule has 6 nitrogen and oxygen atoms in total. The molecule has 8 heteroatoms. The largest absolute Gasteiger partial charge is 0.465 e. The summed E-state index contributed by atoms with van der Waals surface area (Å²) in [7, 11) is 0. The van der Waals surface area contributed by atoms with Crippen LogP contribution in [-0.4, -0.2) is 23.1 Å². The fourth-order valence-corrected chi connectivity index (χ4v) is 4.39. The Labute approximate surface area is 174 Å². The molecule has 30 heavy (non-hydrogen) atoms. The van der Waals surface area contributed by atoms with Crippen molar-refractivity contribution in [3.05, 3.63) is 85.0 Å². The summed E-state index contributed by atoms with van der Waals surface area (Å²) in [5.74, 6) is -1.30. The number of rotatable bonds is 4. The van der Waals surface area contributed by atoms with Crippen LogP contribution in [0.25, 0.3) is 11.6 Å². The minimum Gasteiger partial charge on any atom is -0.465 e. The molecule has 1 aliphatic heterocycles. The lowest BCUT2D eigenvalue weighted by Crippen LogP contribution is -2.36. The summed E-state index contributed by atoms with van der Waals surface area (Å²) in [6.07, 6.45) is 1.61. The van der Waals surface area contributed by atoms with Gasteiger partial charge < -0.3 is 10.1 Å². The first kappa shape index (κ1) is 19.8. The Morgan fingerprint density at radius 2 is 1.90 bits per heavy atom. The van der Waals surface area contributed by atoms with Crippen molar-refractivity contribution in [1.82, 2.24) is 4.57 Å². The third-order valence-electron chi connectivity index (χ3n) is 4.55. The number of fused-ring (bicyclic) bond motifs is 1. The SMILES string of the molecule is CCOC(=O)Cn1c(=O)/c(=C/c2ccc(F)cc2)s/c1=C1/C(=O)Nc2ccccc21. The summed E-state index contributed by atoms with van der Waals surface area (Å²) in [6.45, 7) is 1.55. The number of amides is 1. The van der Waals surface area contributed by atoms with Gasteiger partial charge in [-0.2, -0.15) is 0 Å². The zero-order valence-corrected chi connectivity index (χ0v) is 16.8. The van der Waals surface area contributed by atoms with E-state index in [2.05, 4.69) is 5.32 Å². The maximum absolute atomic E-state index is 13.2. The molecule has 1 amide bonds. The highest BCUT2D eigenvalue weighted by molar-refractivity contribution is 7.07. The molecular formula is C22H17FN2O4S. The first-order chi connectivity index (χ1) is 14.5. The van der Waals surface area contributed by atoms with Crippen LogP contribution in [0.2, 0.25) is 0 Å². The van der Waals surface area contributed by atoms with Gasteiger partial charge in [0, 0.05) is 11.3 Å². The molecular weight excluding hydrogens is 407 g/mol. The van der Waals surface area contributed by atoms with E-state index in [9.17, 15) is 18.8 Å². The van der Waals surface area contributed by atoms with Crippen molar-refractivity contribution in [3.63, 3.8) is 0 Å². The summed E-state index contributed by atoms with van der Waals surface area (Å²) >= 11 is 1.11. The molecule has 2 heterocycles. The van der Waals surface area contributed by atoms with Crippen molar-refractivity contribution >= 4 is 40.5 Å². The zero-order chi connectivity index (χ0) is 21.3. The monoisotopic (exact) mass is 424 g/mol. The molecule has 0 saturated carbocycles. The summed E-state index contributed by atoms with van der Waals surface area (Å²) in [6, 6.07) is 12.9. The average Bonchev–Trinajstić information content (AvgIpc) is 3.20. The summed E-state index contributed by atoms with van der Waals surface area (Å²) in [5, 5.41) is 2.78. The molecule has 2 aromatic carbocycles. The van der Waals surface area contributed by atoms with E-state index in [1.165, 1.54) is 16.7 Å². The Morgan fingerprint density at radius 3 is 2.63 bits per heavy atom. The van der Waals surface area contributed by atoms with E-state index in [-0.39, 0.29) is 24.9 Å². The maximum atomic E-state index is 13.2. The van der Waals surface area contributed by atoms with Crippen LogP contribution in [-0.2, 0) is 20.9 Å². The predicted molar refractivity (Wildman–Crippen MR) is 112 cm³/mol. The Kier molecular flexibility index (Phi) is 5.33. The number of anilines is 1. The molecule has 0 atom stereocenters. The van der Waals surface area contributed by atoms with Crippen molar-refractivity contribution in [3.8, 4) is 0 Å². The normalized spacial score (nSPS) is 15.1. The molecule has 0 saturated heterocycles. The fraction of sp³-hybridized carbons (Fsp3) is 0.136. The first-order valence-electron chi connectivity index (χ1n) is 9.25. The Hall–Kier alpha value is -3.52. The maximum Gasteiger partial charge on any atom is 0.326 e. The van der Waals surface area contributed by atoms with Crippen molar-refractivity contribution in [2.24, 2.45) is 0 Å². The number of hydrogen-bond acceptors (Lipinski definition) is 5. The minimum absolute atomic E-state index is 0.182. The fourth-order valence-electron chi connectivity index (χ4n) is 3.22. The highest BCUT2D eigenvalue weighted by Gasteiger charge is 2.27. The van der Waals surface area contributed by atoms with E-state index in [0.29, 0.717) is 31.6 Å². The quantitative estimate of drug-likeness (QED) is 0.646. The number of thiazole rings is 1. The van der Waals surface area contributed by atoms with Gasteiger partial charge in [-0.05, 0) is 36.8 Å². The van der Waals surface area contributed by atoms with Crippen LogP contribution < -0.4 is 20.1 Å². The zero-order valence-electron chi connectivity index (χ0n) is 16.0. The number of halogens is 1. The van der Waals surface area contributed by atoms with E-state index in [0.717, 1.165) is 11.3 Å². The predicted octanol–water partition coefficient (Wildman–Crippen LogP) is 1.59. The molecule has 3 aromatic rings. The second-order valence-corrected chi connectivity index (χ2v) is 7.57. The second kappa shape index (κ2) is 8.08. The van der Waals surface area contributed by atoms with Crippen LogP contribution in [0.3, 0.4) is 0 Å². The number of ether oxygens (including phenoxy) is 1. The van der Waals surface area contributed by atoms with Crippen LogP contribution in [0.1, 0.15) is 18.1 Å². The molecule has 0 spiro atoms. The van der Waals surface area contributed by atoms with Crippen LogP contribution in [0.15, 0.2) is 53.3 Å². The van der Waals surface area contributed by atoms with Crippen LogP contribution in [0.5, 0.6) is 0 Å². The molecule has 1 aliphatic rings. The standard InChI is InChI=1S/C22H17FN2O4S/c1-2-29-18(26)12-25-21(28)17(11-13-7-9-14(23)10-8-13)30-22(25)19-15-5-3-4-6-16(15)24-20(19)27/h3-11H,2,12H2,1H3,(H,24,27)/b17-11-,22-19+. The van der Waals surface area contributed by atoms with E-state index in [1.54, 1.807) is 49.4 Å². The van der Waals surface area contributed by atoms with Gasteiger partial charge in [0.15, 0.2) is 0 Å². The molecule has 1 aromatic heterocycles. The Bertz CT molecular complexity index is 1320. The second-order valence-electron chi connectivity index (χ2n) is 6.54. The summed E-state index contributed by atoms with van der Waals surface area (Å²) in [4.78, 5) is 37.9. The smallest absolute Gasteiger partial charge is 0.326 e. The highest BCUT2D eigenvalue weighted by Crippen LogP contribution is 2.29. The van der Waals surface area contributed by atoms with Gasteiger partial charge in [-0.15, -0.1) is 11.3 Å². The van der Waals surface area contributed by atoms with Crippen molar-refractivity contribution in [2.75, 3.05) is 11.9 Å². The number of esters is 1. The highest BCUT2D eigenvalue weighted by atomic mass is 32.1. The molecule has 0 bridgehead atoms. The molecule has 0 aliphatic carbocycles. The molecule has 4 rings (SSSR count). The van der Waals surface area contributed by atoms with Gasteiger partial charge in [-0.3, -0.25) is 19.0 Å². The number of benzene rings is 2. The average molecular weight is 424 g/mol. The van der Waals surface area contributed by atoms with Gasteiger partial charge in [0.05, 0.1) is 16.7 Å². The first-order valence-corrected chi connectivity index (χ1v) is 10.1. The van der Waals surface area contributed by atoms with Crippen LogP contribution in [0.4, 0.5) is 10.1 Å². The number of aromatic nitrogens is 1. The lowest BCUT2D eigenvalue weighted by atomic mass is 10.1. The molecule has 0 unspecified atom stereocenters. The van der Waals surface area contributed by atoms with Gasteiger partial charge >= 0.3 is 5.97 Å². The number of carbonyl (C=O) groups is 2. The number of carbonyl (C=O) groups excluding carboxylic acids is 2. The van der Waals surface area contributed by atoms with E-state index in [1.807, 2.05) is 0 Å². The molecule has 1 N–H and O–H groups in total. The summed E-state index contributed by atoms with van der Waals surface area (Å²) in [5.41, 5.74) is 1.85. The lowest BCUT2D eigenvalue weighted by molar-refractivity contribution is -0.143. The number of para-hydroxylation sites is 1. The van der Waals surface area contributed by atoms with E-state index >= 15 is 0 Å². The van der Waals surface area contributed by atoms with Gasteiger partial charge in [-0.1, -0.05) is 30.3 Å². The van der Waals surface area contributed by atoms with E-state index in [4.69, 9.17) is 4.74 Å². The van der Waals surface area contributed by atoms with Gasteiger partial charge in [0.25, 0.3) is 11.5 Å². The van der Waals surface area contributed by atoms with Crippen molar-refractivity contribution < 1.29 is 18.7 Å². The minimum atomic E-state index is -0.570. The molecule has 0 fully saturated rings. The van der Waals surface area contributed by atoms with Crippen LogP contribution >= 0.6 is 11.3 Å². The van der Waals surface area contributed by atoms with Crippen LogP contribution in [0, 0.1) is 5.82 Å². The Morgan fingerprint density at radius 1 is 1.17 bits per heavy atom. The number of nitrogens with zero attached hydrogens (tertiary/aromatic N) is 1. The van der Waals surface area contributed by atoms with Gasteiger partial charge in [-0.25, -0.2) is 4.39 Å². The lowest BCUT2D eigenvalue weighted by Gasteiger charge is -2.04. The number of nitrogens with one attached hydrogen (secondary N) is 1. The number of hydrogen-bond donors (Lipinski definition) is 1. The van der Waals surface area contributed by atoms with Crippen molar-refractivity contribution in [2.45, 2.75) is 13.5 Å². The van der Waals surface area contributed by atoms with E-state index < -0.39 is 11.5 Å². The Balaban J connectivity index is 1.98. The molecule has 0 radical (unpaired) electrons. The summed E-state index contributed by atoms with van der Waals surface area (Å²) < 4.78 is 20.1. The van der Waals surface area contributed by atoms with Crippen molar-refractivity contribution in [1.29, 1.82) is 0 Å². The molecule has 152 valence electrons. The third kappa shape index (κ3) is 3.69. The van der Waals surface area contributed by atoms with Gasteiger partial charge in [0.2, 0.25) is 0 Å². The van der Waals surface area contributed by atoms with Gasteiger partial charge in [0.1, 0.15) is 17.0 Å².